The Morgan fingerprint density at radius 3 is 2.71 bits per heavy atom. The smallest absolute Gasteiger partial charge is 0.220 e. The molecule has 1 aliphatic rings. The lowest BCUT2D eigenvalue weighted by Gasteiger charge is -2.16. The van der Waals surface area contributed by atoms with E-state index in [1.54, 1.807) is 0 Å². The molecular weight excluding hydrogens is 260 g/mol. The zero-order chi connectivity index (χ0) is 15.1. The van der Waals surface area contributed by atoms with Crippen molar-refractivity contribution in [1.29, 1.82) is 0 Å². The summed E-state index contributed by atoms with van der Waals surface area (Å²) in [5, 5.41) is 2.97. The number of likely N-dealkylation sites (N-methyl/N-ethyl adjacent to an activating group) is 1. The molecule has 0 aliphatic heterocycles. The number of nitrogens with one attached hydrogen (secondary N) is 1. The lowest BCUT2D eigenvalue weighted by atomic mass is 9.89. The highest BCUT2D eigenvalue weighted by molar-refractivity contribution is 5.75. The fraction of sp³-hybridized carbons (Fsp3) is 0.611. The summed E-state index contributed by atoms with van der Waals surface area (Å²) < 4.78 is 0. The minimum atomic E-state index is 0.176. The fourth-order valence-corrected chi connectivity index (χ4v) is 2.90. The van der Waals surface area contributed by atoms with Gasteiger partial charge in [0.1, 0.15) is 0 Å². The number of carbonyl (C=O) groups is 1. The maximum absolute atomic E-state index is 11.7. The van der Waals surface area contributed by atoms with E-state index >= 15 is 0 Å². The lowest BCUT2D eigenvalue weighted by molar-refractivity contribution is -0.121. The molecule has 0 spiro atoms. The van der Waals surface area contributed by atoms with Crippen LogP contribution in [0.4, 0.5) is 0 Å². The van der Waals surface area contributed by atoms with Gasteiger partial charge in [-0.3, -0.25) is 4.79 Å². The zero-order valence-corrected chi connectivity index (χ0v) is 13.5. The molecule has 1 amide bonds. The number of rotatable bonds is 7. The van der Waals surface area contributed by atoms with Gasteiger partial charge in [-0.15, -0.1) is 0 Å². The van der Waals surface area contributed by atoms with Gasteiger partial charge < -0.3 is 10.2 Å². The van der Waals surface area contributed by atoms with Crippen molar-refractivity contribution in [2.75, 3.05) is 27.2 Å². The van der Waals surface area contributed by atoms with Crippen molar-refractivity contribution >= 4 is 5.91 Å². The third kappa shape index (κ3) is 5.50. The van der Waals surface area contributed by atoms with Crippen molar-refractivity contribution in [3.05, 3.63) is 34.9 Å². The van der Waals surface area contributed by atoms with Crippen LogP contribution in [0.15, 0.2) is 18.2 Å². The molecule has 0 heterocycles. The fourth-order valence-electron chi connectivity index (χ4n) is 2.90. The highest BCUT2D eigenvalue weighted by atomic mass is 16.1. The van der Waals surface area contributed by atoms with E-state index in [2.05, 4.69) is 28.4 Å². The summed E-state index contributed by atoms with van der Waals surface area (Å²) in [5.41, 5.74) is 4.46. The minimum Gasteiger partial charge on any atom is -0.355 e. The molecule has 0 aromatic heterocycles. The highest BCUT2D eigenvalue weighted by Gasteiger charge is 2.09. The highest BCUT2D eigenvalue weighted by Crippen LogP contribution is 2.22. The third-order valence-electron chi connectivity index (χ3n) is 4.16. The molecule has 3 nitrogen and oxygen atoms in total. The Hall–Kier alpha value is -1.35. The number of benzene rings is 1. The van der Waals surface area contributed by atoms with Crippen LogP contribution in [0.2, 0.25) is 0 Å². The van der Waals surface area contributed by atoms with Crippen molar-refractivity contribution in [1.82, 2.24) is 10.2 Å². The molecule has 1 aliphatic carbocycles. The normalized spacial score (nSPS) is 14.0. The molecule has 0 saturated heterocycles. The number of amides is 1. The molecule has 1 aromatic carbocycles. The maximum Gasteiger partial charge on any atom is 0.220 e. The molecule has 21 heavy (non-hydrogen) atoms. The Morgan fingerprint density at radius 2 is 1.95 bits per heavy atom. The van der Waals surface area contributed by atoms with Gasteiger partial charge in [0.2, 0.25) is 5.91 Å². The van der Waals surface area contributed by atoms with E-state index in [0.717, 1.165) is 25.9 Å². The topological polar surface area (TPSA) is 32.3 Å². The predicted molar refractivity (Wildman–Crippen MR) is 87.6 cm³/mol. The molecule has 0 radical (unpaired) electrons. The monoisotopic (exact) mass is 288 g/mol. The first kappa shape index (κ1) is 16.0. The van der Waals surface area contributed by atoms with Crippen LogP contribution < -0.4 is 5.32 Å². The van der Waals surface area contributed by atoms with Crippen LogP contribution in [0.3, 0.4) is 0 Å². The molecular formula is C18H28N2O. The molecule has 1 aromatic rings. The molecule has 0 saturated carbocycles. The standard InChI is InChI=1S/C18H28N2O/c1-20(2)13-12-19-18(21)9-5-6-15-10-11-16-7-3-4-8-17(16)14-15/h10-11,14H,3-9,12-13H2,1-2H3,(H,19,21). The Morgan fingerprint density at radius 1 is 1.19 bits per heavy atom. The van der Waals surface area contributed by atoms with E-state index in [-0.39, 0.29) is 5.91 Å². The van der Waals surface area contributed by atoms with E-state index < -0.39 is 0 Å². The van der Waals surface area contributed by atoms with Gasteiger partial charge in [-0.2, -0.15) is 0 Å². The van der Waals surface area contributed by atoms with Gasteiger partial charge in [-0.05, 0) is 69.3 Å². The second-order valence-corrected chi connectivity index (χ2v) is 6.32. The van der Waals surface area contributed by atoms with E-state index in [4.69, 9.17) is 0 Å². The summed E-state index contributed by atoms with van der Waals surface area (Å²) >= 11 is 0. The quantitative estimate of drug-likeness (QED) is 0.836. The SMILES string of the molecule is CN(C)CCNC(=O)CCCc1ccc2c(c1)CCCC2. The Bertz CT molecular complexity index is 468. The third-order valence-corrected chi connectivity index (χ3v) is 4.16. The van der Waals surface area contributed by atoms with E-state index in [1.165, 1.54) is 42.4 Å². The summed E-state index contributed by atoms with van der Waals surface area (Å²) in [6, 6.07) is 6.90. The average Bonchev–Trinajstić information content (AvgIpc) is 2.47. The number of nitrogens with zero attached hydrogens (tertiary/aromatic N) is 1. The van der Waals surface area contributed by atoms with Crippen molar-refractivity contribution in [3.8, 4) is 0 Å². The number of fused-ring (bicyclic) bond motifs is 1. The average molecular weight is 288 g/mol. The molecule has 0 atom stereocenters. The Labute approximate surface area is 128 Å². The van der Waals surface area contributed by atoms with E-state index in [0.29, 0.717) is 6.42 Å². The van der Waals surface area contributed by atoms with Crippen molar-refractivity contribution < 1.29 is 4.79 Å². The van der Waals surface area contributed by atoms with Gasteiger partial charge in [0.05, 0.1) is 0 Å². The molecule has 0 bridgehead atoms. The van der Waals surface area contributed by atoms with Crippen molar-refractivity contribution in [2.45, 2.75) is 44.9 Å². The van der Waals surface area contributed by atoms with Gasteiger partial charge in [0.25, 0.3) is 0 Å². The minimum absolute atomic E-state index is 0.176. The summed E-state index contributed by atoms with van der Waals surface area (Å²) in [6.07, 6.45) is 7.70. The summed E-state index contributed by atoms with van der Waals surface area (Å²) in [7, 11) is 4.03. The van der Waals surface area contributed by atoms with Crippen LogP contribution in [0.5, 0.6) is 0 Å². The van der Waals surface area contributed by atoms with Gasteiger partial charge in [-0.1, -0.05) is 18.2 Å². The van der Waals surface area contributed by atoms with Crippen LogP contribution >= 0.6 is 0 Å². The largest absolute Gasteiger partial charge is 0.355 e. The Kier molecular flexibility index (Phi) is 6.24. The molecule has 0 unspecified atom stereocenters. The second kappa shape index (κ2) is 8.18. The number of aryl methyl sites for hydroxylation is 3. The van der Waals surface area contributed by atoms with Crippen molar-refractivity contribution in [3.63, 3.8) is 0 Å². The molecule has 116 valence electrons. The number of carbonyl (C=O) groups excluding carboxylic acids is 1. The number of hydrogen-bond donors (Lipinski definition) is 1. The number of hydrogen-bond acceptors (Lipinski definition) is 2. The molecule has 2 rings (SSSR count). The van der Waals surface area contributed by atoms with Crippen LogP contribution in [0.1, 0.15) is 42.4 Å². The first-order valence-corrected chi connectivity index (χ1v) is 8.17. The van der Waals surface area contributed by atoms with E-state index in [9.17, 15) is 4.79 Å². The predicted octanol–water partition coefficient (Wildman–Crippen LogP) is 2.57. The first-order valence-electron chi connectivity index (χ1n) is 8.17. The summed E-state index contributed by atoms with van der Waals surface area (Å²) in [5.74, 6) is 0.176. The molecule has 0 fully saturated rings. The van der Waals surface area contributed by atoms with Gasteiger partial charge in [0, 0.05) is 19.5 Å². The van der Waals surface area contributed by atoms with Gasteiger partial charge >= 0.3 is 0 Å². The van der Waals surface area contributed by atoms with E-state index in [1.807, 2.05) is 14.1 Å². The zero-order valence-electron chi connectivity index (χ0n) is 13.5. The van der Waals surface area contributed by atoms with Crippen molar-refractivity contribution in [2.24, 2.45) is 0 Å². The summed E-state index contributed by atoms with van der Waals surface area (Å²) in [4.78, 5) is 13.8. The van der Waals surface area contributed by atoms with Gasteiger partial charge in [-0.25, -0.2) is 0 Å². The lowest BCUT2D eigenvalue weighted by Crippen LogP contribution is -2.31. The van der Waals surface area contributed by atoms with Crippen LogP contribution in [0.25, 0.3) is 0 Å². The maximum atomic E-state index is 11.7. The Balaban J connectivity index is 1.70. The first-order chi connectivity index (χ1) is 10.1. The van der Waals surface area contributed by atoms with Crippen LogP contribution in [0, 0.1) is 0 Å². The summed E-state index contributed by atoms with van der Waals surface area (Å²) in [6.45, 7) is 1.64. The molecule has 1 N–H and O–H groups in total. The van der Waals surface area contributed by atoms with Gasteiger partial charge in [0.15, 0.2) is 0 Å². The second-order valence-electron chi connectivity index (χ2n) is 6.32. The molecule has 3 heteroatoms. The van der Waals surface area contributed by atoms with Crippen LogP contribution in [-0.4, -0.2) is 38.0 Å². The van der Waals surface area contributed by atoms with Crippen LogP contribution in [-0.2, 0) is 24.1 Å².